The average Bonchev–Trinajstić information content (AvgIpc) is 1.82. The molecule has 0 spiro atoms. The van der Waals surface area contributed by atoms with E-state index in [0.29, 0.717) is 0 Å². The topological polar surface area (TPSA) is 161 Å². The third kappa shape index (κ3) is 1.28. The molecule has 0 saturated heterocycles. The molecule has 0 aliphatic carbocycles. The molecule has 0 aromatic rings. The highest BCUT2D eigenvalue weighted by Gasteiger charge is 2.58. The standard InChI is InChI=1S/C5H6N2O6/c6-1(8)5(2(7)9,3(10)11)4(12)13/h(H2,6,8)(H2,7,9)(H,10,11)(H,12,13). The van der Waals surface area contributed by atoms with Gasteiger partial charge in [0.1, 0.15) is 0 Å². The van der Waals surface area contributed by atoms with E-state index in [1.54, 1.807) is 0 Å². The van der Waals surface area contributed by atoms with Crippen LogP contribution in [0.2, 0.25) is 0 Å². The first-order valence-electron chi connectivity index (χ1n) is 2.84. The largest absolute Gasteiger partial charge is 0.480 e. The maximum atomic E-state index is 10.5. The second-order valence-corrected chi connectivity index (χ2v) is 2.09. The van der Waals surface area contributed by atoms with Crippen molar-refractivity contribution in [3.05, 3.63) is 0 Å². The van der Waals surface area contributed by atoms with Crippen molar-refractivity contribution in [2.24, 2.45) is 16.9 Å². The van der Waals surface area contributed by atoms with E-state index >= 15 is 0 Å². The summed E-state index contributed by atoms with van der Waals surface area (Å²) in [4.78, 5) is 41.7. The lowest BCUT2D eigenvalue weighted by Gasteiger charge is -2.16. The minimum atomic E-state index is -3.39. The van der Waals surface area contributed by atoms with Gasteiger partial charge in [0.15, 0.2) is 0 Å². The third-order valence-electron chi connectivity index (χ3n) is 1.38. The molecule has 0 atom stereocenters. The monoisotopic (exact) mass is 190 g/mol. The SMILES string of the molecule is NC(=O)C(C(N)=O)(C(=O)O)C(=O)O. The zero-order valence-corrected chi connectivity index (χ0v) is 6.18. The van der Waals surface area contributed by atoms with Gasteiger partial charge in [-0.15, -0.1) is 0 Å². The Morgan fingerprint density at radius 2 is 1.08 bits per heavy atom. The normalized spacial score (nSPS) is 10.5. The van der Waals surface area contributed by atoms with Crippen LogP contribution in [0, 0.1) is 5.41 Å². The van der Waals surface area contributed by atoms with E-state index in [-0.39, 0.29) is 0 Å². The molecule has 0 unspecified atom stereocenters. The molecule has 0 aliphatic heterocycles. The van der Waals surface area contributed by atoms with Crippen molar-refractivity contribution >= 4 is 23.8 Å². The van der Waals surface area contributed by atoms with Crippen LogP contribution in [0.4, 0.5) is 0 Å². The van der Waals surface area contributed by atoms with Gasteiger partial charge < -0.3 is 21.7 Å². The first-order valence-corrected chi connectivity index (χ1v) is 2.84. The van der Waals surface area contributed by atoms with Crippen molar-refractivity contribution in [2.75, 3.05) is 0 Å². The first kappa shape index (κ1) is 10.9. The Kier molecular flexibility index (Phi) is 2.59. The van der Waals surface area contributed by atoms with Crippen molar-refractivity contribution in [1.29, 1.82) is 0 Å². The molecule has 0 saturated carbocycles. The number of aliphatic carboxylic acids is 2. The predicted molar refractivity (Wildman–Crippen MR) is 36.1 cm³/mol. The highest BCUT2D eigenvalue weighted by Crippen LogP contribution is 2.16. The van der Waals surface area contributed by atoms with Crippen LogP contribution >= 0.6 is 0 Å². The average molecular weight is 190 g/mol. The predicted octanol–water partition coefficient (Wildman–Crippen LogP) is -2.89. The second-order valence-electron chi connectivity index (χ2n) is 2.09. The number of carbonyl (C=O) groups is 4. The fraction of sp³-hybridized carbons (Fsp3) is 0.200. The number of rotatable bonds is 4. The molecule has 72 valence electrons. The number of hydrogen-bond donors (Lipinski definition) is 4. The summed E-state index contributed by atoms with van der Waals surface area (Å²) in [5.74, 6) is -8.08. The fourth-order valence-corrected chi connectivity index (χ4v) is 0.634. The van der Waals surface area contributed by atoms with E-state index in [2.05, 4.69) is 11.5 Å². The minimum absolute atomic E-state index is 1.83. The molecule has 6 N–H and O–H groups in total. The Morgan fingerprint density at radius 1 is 0.846 bits per heavy atom. The smallest absolute Gasteiger partial charge is 0.340 e. The van der Waals surface area contributed by atoms with Crippen molar-refractivity contribution < 1.29 is 29.4 Å². The van der Waals surface area contributed by atoms with E-state index in [1.165, 1.54) is 0 Å². The molecule has 0 aromatic heterocycles. The molecule has 0 radical (unpaired) electrons. The summed E-state index contributed by atoms with van der Waals surface area (Å²) in [6.07, 6.45) is 0. The summed E-state index contributed by atoms with van der Waals surface area (Å²) < 4.78 is 0. The minimum Gasteiger partial charge on any atom is -0.480 e. The number of nitrogens with two attached hydrogens (primary N) is 2. The zero-order chi connectivity index (χ0) is 10.8. The number of carboxylic acids is 2. The molecule has 0 bridgehead atoms. The van der Waals surface area contributed by atoms with E-state index < -0.39 is 29.2 Å². The van der Waals surface area contributed by atoms with Crippen LogP contribution < -0.4 is 11.5 Å². The van der Waals surface area contributed by atoms with Gasteiger partial charge in [-0.2, -0.15) is 0 Å². The zero-order valence-electron chi connectivity index (χ0n) is 6.18. The van der Waals surface area contributed by atoms with Gasteiger partial charge >= 0.3 is 17.4 Å². The Labute approximate surface area is 71.1 Å². The summed E-state index contributed by atoms with van der Waals surface area (Å²) in [7, 11) is 0. The van der Waals surface area contributed by atoms with E-state index in [9.17, 15) is 19.2 Å². The lowest BCUT2D eigenvalue weighted by Crippen LogP contribution is -2.58. The summed E-state index contributed by atoms with van der Waals surface area (Å²) >= 11 is 0. The molecule has 0 rings (SSSR count). The van der Waals surface area contributed by atoms with Crippen LogP contribution in [0.5, 0.6) is 0 Å². The van der Waals surface area contributed by atoms with Crippen molar-refractivity contribution in [3.63, 3.8) is 0 Å². The van der Waals surface area contributed by atoms with E-state index in [4.69, 9.17) is 10.2 Å². The number of amides is 2. The molecular weight excluding hydrogens is 184 g/mol. The van der Waals surface area contributed by atoms with Gasteiger partial charge in [-0.05, 0) is 0 Å². The molecule has 8 heteroatoms. The number of carbonyl (C=O) groups excluding carboxylic acids is 2. The van der Waals surface area contributed by atoms with E-state index in [1.807, 2.05) is 0 Å². The molecule has 0 aliphatic rings. The van der Waals surface area contributed by atoms with Gasteiger partial charge in [-0.25, -0.2) is 9.59 Å². The van der Waals surface area contributed by atoms with Crippen LogP contribution in [0.3, 0.4) is 0 Å². The quantitative estimate of drug-likeness (QED) is 0.348. The summed E-state index contributed by atoms with van der Waals surface area (Å²) in [6, 6.07) is 0. The van der Waals surface area contributed by atoms with Gasteiger partial charge in [-0.1, -0.05) is 0 Å². The summed E-state index contributed by atoms with van der Waals surface area (Å²) in [6.45, 7) is 0. The molecule has 2 amide bonds. The van der Waals surface area contributed by atoms with Crippen LogP contribution in [0.1, 0.15) is 0 Å². The highest BCUT2D eigenvalue weighted by molar-refractivity contribution is 6.33. The van der Waals surface area contributed by atoms with Crippen molar-refractivity contribution in [1.82, 2.24) is 0 Å². The summed E-state index contributed by atoms with van der Waals surface area (Å²) in [5.41, 5.74) is 5.56. The number of carboxylic acid groups (broad SMARTS) is 2. The molecule has 0 heterocycles. The maximum Gasteiger partial charge on any atom is 0.340 e. The molecule has 0 fully saturated rings. The van der Waals surface area contributed by atoms with E-state index in [0.717, 1.165) is 0 Å². The van der Waals surface area contributed by atoms with Crippen molar-refractivity contribution in [2.45, 2.75) is 0 Å². The Hall–Kier alpha value is -2.12. The van der Waals surface area contributed by atoms with Crippen LogP contribution in [-0.2, 0) is 19.2 Å². The lowest BCUT2D eigenvalue weighted by atomic mass is 9.87. The fourth-order valence-electron chi connectivity index (χ4n) is 0.634. The second kappa shape index (κ2) is 3.09. The maximum absolute atomic E-state index is 10.5. The Bertz CT molecular complexity index is 234. The molecule has 8 nitrogen and oxygen atoms in total. The van der Waals surface area contributed by atoms with Crippen LogP contribution in [0.25, 0.3) is 0 Å². The van der Waals surface area contributed by atoms with Crippen LogP contribution in [-0.4, -0.2) is 34.0 Å². The van der Waals surface area contributed by atoms with Gasteiger partial charge in [0, 0.05) is 0 Å². The van der Waals surface area contributed by atoms with Gasteiger partial charge in [-0.3, -0.25) is 9.59 Å². The number of hydrogen-bond acceptors (Lipinski definition) is 4. The lowest BCUT2D eigenvalue weighted by molar-refractivity contribution is -0.170. The highest BCUT2D eigenvalue weighted by atomic mass is 16.4. The third-order valence-corrected chi connectivity index (χ3v) is 1.38. The Balaban J connectivity index is 5.60. The van der Waals surface area contributed by atoms with Gasteiger partial charge in [0.25, 0.3) is 11.8 Å². The van der Waals surface area contributed by atoms with Gasteiger partial charge in [0.05, 0.1) is 0 Å². The van der Waals surface area contributed by atoms with Gasteiger partial charge in [0.2, 0.25) is 0 Å². The molecule has 13 heavy (non-hydrogen) atoms. The number of primary amides is 2. The molecule has 0 aromatic carbocycles. The first-order chi connectivity index (χ1) is 5.77. The summed E-state index contributed by atoms with van der Waals surface area (Å²) in [5, 5.41) is 16.7. The Morgan fingerprint density at radius 3 is 1.08 bits per heavy atom. The van der Waals surface area contributed by atoms with Crippen LogP contribution in [0.15, 0.2) is 0 Å². The molecular formula is C5H6N2O6. The van der Waals surface area contributed by atoms with Crippen molar-refractivity contribution in [3.8, 4) is 0 Å².